The number of aromatic nitrogens is 1. The lowest BCUT2D eigenvalue weighted by Crippen LogP contribution is -2.27. The van der Waals surface area contributed by atoms with Crippen LogP contribution in [0.25, 0.3) is 0 Å². The van der Waals surface area contributed by atoms with E-state index in [0.717, 1.165) is 22.4 Å². The number of Topliss-reactive ketones (excluding diaryl/α,β-unsaturated/α-hetero) is 1. The molecule has 2 rings (SSSR count). The maximum atomic E-state index is 12.6. The summed E-state index contributed by atoms with van der Waals surface area (Å²) in [6.07, 6.45) is 0.702. The molecule has 1 amide bonds. The number of hydrogen-bond acceptors (Lipinski definition) is 3. The smallest absolute Gasteiger partial charge is 0.268 e. The minimum absolute atomic E-state index is 0.0273. The number of amides is 1. The van der Waals surface area contributed by atoms with Crippen LogP contribution in [-0.2, 0) is 13.0 Å². The number of aromatic amines is 1. The first-order chi connectivity index (χ1) is 11.8. The van der Waals surface area contributed by atoms with Gasteiger partial charge in [0.05, 0.1) is 6.61 Å². The van der Waals surface area contributed by atoms with E-state index < -0.39 is 0 Å². The molecule has 0 unspecified atom stereocenters. The summed E-state index contributed by atoms with van der Waals surface area (Å²) in [5.74, 6) is -0.137. The quantitative estimate of drug-likeness (QED) is 0.676. The summed E-state index contributed by atoms with van der Waals surface area (Å²) in [5, 5.41) is 12.0. The third-order valence-corrected chi connectivity index (χ3v) is 4.29. The van der Waals surface area contributed by atoms with Gasteiger partial charge in [-0.25, -0.2) is 0 Å². The molecular formula is C20H26N2O3. The van der Waals surface area contributed by atoms with Gasteiger partial charge in [-0.2, -0.15) is 0 Å². The Bertz CT molecular complexity index is 758. The van der Waals surface area contributed by atoms with Gasteiger partial charge in [-0.15, -0.1) is 0 Å². The van der Waals surface area contributed by atoms with Crippen molar-refractivity contribution in [1.82, 2.24) is 10.3 Å². The van der Waals surface area contributed by atoms with E-state index in [0.29, 0.717) is 24.2 Å². The van der Waals surface area contributed by atoms with Crippen LogP contribution in [-0.4, -0.2) is 28.3 Å². The van der Waals surface area contributed by atoms with E-state index in [2.05, 4.69) is 10.3 Å². The number of H-pyrrole nitrogens is 1. The zero-order chi connectivity index (χ0) is 18.6. The van der Waals surface area contributed by atoms with Crippen molar-refractivity contribution in [3.05, 3.63) is 57.9 Å². The molecule has 1 aromatic heterocycles. The van der Waals surface area contributed by atoms with E-state index in [1.165, 1.54) is 6.92 Å². The fourth-order valence-corrected chi connectivity index (χ4v) is 3.07. The average Bonchev–Trinajstić information content (AvgIpc) is 2.93. The fourth-order valence-electron chi connectivity index (χ4n) is 3.07. The average molecular weight is 342 g/mol. The summed E-state index contributed by atoms with van der Waals surface area (Å²) in [6, 6.07) is 7.65. The zero-order valence-electron chi connectivity index (χ0n) is 15.3. The van der Waals surface area contributed by atoms with Crippen molar-refractivity contribution in [3.8, 4) is 0 Å². The number of aryl methyl sites for hydroxylation is 1. The molecule has 134 valence electrons. The summed E-state index contributed by atoms with van der Waals surface area (Å²) in [7, 11) is 0. The second-order valence-electron chi connectivity index (χ2n) is 6.61. The van der Waals surface area contributed by atoms with Crippen molar-refractivity contribution in [2.24, 2.45) is 0 Å². The van der Waals surface area contributed by atoms with Gasteiger partial charge >= 0.3 is 0 Å². The minimum atomic E-state index is -0.189. The molecule has 1 heterocycles. The van der Waals surface area contributed by atoms with Gasteiger partial charge in [0.25, 0.3) is 5.91 Å². The molecule has 1 aromatic carbocycles. The minimum Gasteiger partial charge on any atom is -0.392 e. The number of carbonyl (C=O) groups excluding carboxylic acids is 2. The first kappa shape index (κ1) is 18.9. The number of nitrogens with one attached hydrogen (secondary N) is 2. The molecule has 0 atom stereocenters. The van der Waals surface area contributed by atoms with Gasteiger partial charge in [0.1, 0.15) is 5.69 Å². The number of ketones is 1. The summed E-state index contributed by atoms with van der Waals surface area (Å²) in [5.41, 5.74) is 4.59. The van der Waals surface area contributed by atoms with Crippen molar-refractivity contribution in [3.63, 3.8) is 0 Å². The molecule has 0 spiro atoms. The van der Waals surface area contributed by atoms with Crippen LogP contribution in [0.4, 0.5) is 0 Å². The topological polar surface area (TPSA) is 82.2 Å². The number of benzene rings is 1. The standard InChI is InChI=1S/C20H26N2O3/c1-12(2)17-18(14(4)24)13(3)22-19(17)20(25)21-10-9-15-5-7-16(11-23)8-6-15/h5-8,12,22-23H,9-11H2,1-4H3,(H,21,25). The highest BCUT2D eigenvalue weighted by molar-refractivity contribution is 6.03. The van der Waals surface area contributed by atoms with Crippen LogP contribution in [0.2, 0.25) is 0 Å². The van der Waals surface area contributed by atoms with Gasteiger partial charge in [-0.05, 0) is 42.9 Å². The summed E-state index contributed by atoms with van der Waals surface area (Å²) >= 11 is 0. The Kier molecular flexibility index (Phi) is 6.15. The largest absolute Gasteiger partial charge is 0.392 e. The van der Waals surface area contributed by atoms with E-state index in [1.807, 2.05) is 45.0 Å². The highest BCUT2D eigenvalue weighted by atomic mass is 16.3. The van der Waals surface area contributed by atoms with Crippen LogP contribution >= 0.6 is 0 Å². The highest BCUT2D eigenvalue weighted by Gasteiger charge is 2.24. The summed E-state index contributed by atoms with van der Waals surface area (Å²) < 4.78 is 0. The summed E-state index contributed by atoms with van der Waals surface area (Å²) in [6.45, 7) is 7.84. The van der Waals surface area contributed by atoms with Crippen LogP contribution in [0, 0.1) is 6.92 Å². The SMILES string of the molecule is CC(=O)c1c(C)[nH]c(C(=O)NCCc2ccc(CO)cc2)c1C(C)C. The van der Waals surface area contributed by atoms with Gasteiger partial charge in [-0.3, -0.25) is 9.59 Å². The predicted molar refractivity (Wildman–Crippen MR) is 98.0 cm³/mol. The molecule has 5 heteroatoms. The second kappa shape index (κ2) is 8.12. The first-order valence-electron chi connectivity index (χ1n) is 8.55. The zero-order valence-corrected chi connectivity index (χ0v) is 15.3. The van der Waals surface area contributed by atoms with E-state index in [1.54, 1.807) is 0 Å². The third kappa shape index (κ3) is 4.37. The predicted octanol–water partition coefficient (Wildman–Crippen LogP) is 3.11. The van der Waals surface area contributed by atoms with E-state index in [4.69, 9.17) is 5.11 Å². The van der Waals surface area contributed by atoms with Gasteiger partial charge in [0.15, 0.2) is 5.78 Å². The number of hydrogen-bond donors (Lipinski definition) is 3. The number of aliphatic hydroxyl groups excluding tert-OH is 1. The van der Waals surface area contributed by atoms with Crippen molar-refractivity contribution in [2.75, 3.05) is 6.54 Å². The molecule has 0 bridgehead atoms. The summed E-state index contributed by atoms with van der Waals surface area (Å²) in [4.78, 5) is 27.6. The highest BCUT2D eigenvalue weighted by Crippen LogP contribution is 2.27. The monoisotopic (exact) mass is 342 g/mol. The van der Waals surface area contributed by atoms with Crippen LogP contribution in [0.1, 0.15) is 69.9 Å². The van der Waals surface area contributed by atoms with E-state index >= 15 is 0 Å². The van der Waals surface area contributed by atoms with Crippen molar-refractivity contribution >= 4 is 11.7 Å². The molecule has 0 saturated heterocycles. The number of aliphatic hydroxyl groups is 1. The van der Waals surface area contributed by atoms with Crippen LogP contribution in [0.5, 0.6) is 0 Å². The van der Waals surface area contributed by atoms with E-state index in [-0.39, 0.29) is 24.2 Å². The Hall–Kier alpha value is -2.40. The van der Waals surface area contributed by atoms with Gasteiger partial charge in [-0.1, -0.05) is 38.1 Å². The Morgan fingerprint density at radius 3 is 2.28 bits per heavy atom. The molecule has 5 nitrogen and oxygen atoms in total. The van der Waals surface area contributed by atoms with E-state index in [9.17, 15) is 9.59 Å². The normalized spacial score (nSPS) is 11.0. The number of carbonyl (C=O) groups is 2. The lowest BCUT2D eigenvalue weighted by atomic mass is 9.95. The van der Waals surface area contributed by atoms with Crippen LogP contribution in [0.3, 0.4) is 0 Å². The molecule has 0 aliphatic heterocycles. The van der Waals surface area contributed by atoms with Gasteiger partial charge in [0.2, 0.25) is 0 Å². The van der Waals surface area contributed by atoms with Crippen LogP contribution < -0.4 is 5.32 Å². The second-order valence-corrected chi connectivity index (χ2v) is 6.61. The number of rotatable bonds is 7. The molecule has 0 saturated carbocycles. The van der Waals surface area contributed by atoms with Crippen molar-refractivity contribution < 1.29 is 14.7 Å². The van der Waals surface area contributed by atoms with Gasteiger partial charge < -0.3 is 15.4 Å². The van der Waals surface area contributed by atoms with Gasteiger partial charge in [0, 0.05) is 17.8 Å². The molecule has 0 aliphatic carbocycles. The fraction of sp³-hybridized carbons (Fsp3) is 0.400. The third-order valence-electron chi connectivity index (χ3n) is 4.29. The maximum absolute atomic E-state index is 12.6. The maximum Gasteiger partial charge on any atom is 0.268 e. The molecule has 3 N–H and O–H groups in total. The molecule has 0 aliphatic rings. The molecule has 2 aromatic rings. The van der Waals surface area contributed by atoms with Crippen LogP contribution in [0.15, 0.2) is 24.3 Å². The van der Waals surface area contributed by atoms with Crippen molar-refractivity contribution in [2.45, 2.75) is 46.6 Å². The molecule has 25 heavy (non-hydrogen) atoms. The van der Waals surface area contributed by atoms with Crippen molar-refractivity contribution in [1.29, 1.82) is 0 Å². The molecule has 0 radical (unpaired) electrons. The lowest BCUT2D eigenvalue weighted by Gasteiger charge is -2.10. The Balaban J connectivity index is 2.07. The Morgan fingerprint density at radius 1 is 1.16 bits per heavy atom. The lowest BCUT2D eigenvalue weighted by molar-refractivity contribution is 0.0948. The Morgan fingerprint density at radius 2 is 1.76 bits per heavy atom. The first-order valence-corrected chi connectivity index (χ1v) is 8.55. The Labute approximate surface area is 148 Å². The molecular weight excluding hydrogens is 316 g/mol. The molecule has 0 fully saturated rings.